The first-order valence-corrected chi connectivity index (χ1v) is 3.79. The van der Waals surface area contributed by atoms with Crippen molar-refractivity contribution in [2.75, 3.05) is 0 Å². The Hall–Kier alpha value is -1.84. The second kappa shape index (κ2) is 2.58. The van der Waals surface area contributed by atoms with Crippen LogP contribution in [0.3, 0.4) is 0 Å². The van der Waals surface area contributed by atoms with E-state index in [1.54, 1.807) is 24.3 Å². The van der Waals surface area contributed by atoms with Gasteiger partial charge in [0, 0.05) is 5.56 Å². The van der Waals surface area contributed by atoms with Crippen molar-refractivity contribution in [3.05, 3.63) is 35.4 Å². The van der Waals surface area contributed by atoms with E-state index >= 15 is 0 Å². The highest BCUT2D eigenvalue weighted by Gasteiger charge is 2.34. The Morgan fingerprint density at radius 1 is 1.38 bits per heavy atom. The molecular weight excluding hydrogens is 170 g/mol. The maximum atomic E-state index is 11.2. The second-order valence-electron chi connectivity index (χ2n) is 2.77. The molecule has 0 radical (unpaired) electrons. The number of nitrogens with two attached hydrogens (primary N) is 1. The minimum atomic E-state index is -0.913. The van der Waals surface area contributed by atoms with E-state index in [0.717, 1.165) is 0 Å². The summed E-state index contributed by atoms with van der Waals surface area (Å²) in [4.78, 5) is 22.0. The fourth-order valence-corrected chi connectivity index (χ4v) is 1.36. The molecule has 0 aliphatic carbocycles. The molecule has 13 heavy (non-hydrogen) atoms. The van der Waals surface area contributed by atoms with Gasteiger partial charge in [0.2, 0.25) is 6.10 Å². The summed E-state index contributed by atoms with van der Waals surface area (Å²) in [5.41, 5.74) is 6.04. The Labute approximate surface area is 74.3 Å². The first-order chi connectivity index (χ1) is 6.20. The van der Waals surface area contributed by atoms with Crippen LogP contribution in [0, 0.1) is 0 Å². The van der Waals surface area contributed by atoms with Crippen LogP contribution in [0.1, 0.15) is 22.0 Å². The molecule has 0 fully saturated rings. The molecule has 4 heteroatoms. The molecule has 1 heterocycles. The zero-order valence-corrected chi connectivity index (χ0v) is 6.69. The number of rotatable bonds is 1. The summed E-state index contributed by atoms with van der Waals surface area (Å²) in [5, 5.41) is 0. The van der Waals surface area contributed by atoms with Gasteiger partial charge in [0.25, 0.3) is 5.91 Å². The van der Waals surface area contributed by atoms with E-state index in [-0.39, 0.29) is 0 Å². The van der Waals surface area contributed by atoms with Crippen LogP contribution in [0.2, 0.25) is 0 Å². The molecule has 4 nitrogen and oxygen atoms in total. The van der Waals surface area contributed by atoms with E-state index in [2.05, 4.69) is 0 Å². The highest BCUT2D eigenvalue weighted by Crippen LogP contribution is 2.29. The molecule has 0 bridgehead atoms. The normalized spacial score (nSPS) is 19.4. The monoisotopic (exact) mass is 177 g/mol. The van der Waals surface area contributed by atoms with E-state index in [1.165, 1.54) is 0 Å². The van der Waals surface area contributed by atoms with Crippen molar-refractivity contribution >= 4 is 11.9 Å². The Morgan fingerprint density at radius 2 is 2.08 bits per heavy atom. The van der Waals surface area contributed by atoms with Gasteiger partial charge in [-0.15, -0.1) is 0 Å². The van der Waals surface area contributed by atoms with Crippen LogP contribution in [0.4, 0.5) is 0 Å². The molecule has 1 amide bonds. The zero-order valence-electron chi connectivity index (χ0n) is 6.69. The molecule has 66 valence electrons. The van der Waals surface area contributed by atoms with Gasteiger partial charge < -0.3 is 10.5 Å². The SMILES string of the molecule is NC(=O)C1OC(=O)c2ccccc21. The third-order valence-corrected chi connectivity index (χ3v) is 1.95. The molecule has 2 N–H and O–H groups in total. The fourth-order valence-electron chi connectivity index (χ4n) is 1.36. The smallest absolute Gasteiger partial charge is 0.339 e. The number of amides is 1. The molecule has 0 aromatic heterocycles. The van der Waals surface area contributed by atoms with E-state index in [1.807, 2.05) is 0 Å². The summed E-state index contributed by atoms with van der Waals surface area (Å²) in [7, 11) is 0. The van der Waals surface area contributed by atoms with E-state index in [9.17, 15) is 9.59 Å². The molecule has 1 aromatic carbocycles. The summed E-state index contributed by atoms with van der Waals surface area (Å²) in [6, 6.07) is 6.72. The summed E-state index contributed by atoms with van der Waals surface area (Å²) >= 11 is 0. The van der Waals surface area contributed by atoms with Crippen LogP contribution < -0.4 is 5.73 Å². The Morgan fingerprint density at radius 3 is 2.77 bits per heavy atom. The standard InChI is InChI=1S/C9H7NO3/c10-8(11)7-5-3-1-2-4-6(5)9(12)13-7/h1-4,7H,(H2,10,11). The number of carbonyl (C=O) groups excluding carboxylic acids is 2. The van der Waals surface area contributed by atoms with Gasteiger partial charge in [-0.2, -0.15) is 0 Å². The van der Waals surface area contributed by atoms with Crippen LogP contribution in [-0.2, 0) is 9.53 Å². The number of hydrogen-bond donors (Lipinski definition) is 1. The summed E-state index contributed by atoms with van der Waals surface area (Å²) in [5.74, 6) is -1.13. The van der Waals surface area contributed by atoms with Gasteiger partial charge in [-0.25, -0.2) is 4.79 Å². The second-order valence-corrected chi connectivity index (χ2v) is 2.77. The van der Waals surface area contributed by atoms with Crippen molar-refractivity contribution in [3.63, 3.8) is 0 Å². The van der Waals surface area contributed by atoms with Crippen LogP contribution in [0.25, 0.3) is 0 Å². The lowest BCUT2D eigenvalue weighted by Crippen LogP contribution is -2.21. The zero-order chi connectivity index (χ0) is 9.42. The van der Waals surface area contributed by atoms with Crippen molar-refractivity contribution in [2.24, 2.45) is 5.73 Å². The van der Waals surface area contributed by atoms with Crippen molar-refractivity contribution in [3.8, 4) is 0 Å². The number of carbonyl (C=O) groups is 2. The number of benzene rings is 1. The van der Waals surface area contributed by atoms with Gasteiger partial charge in [-0.05, 0) is 6.07 Å². The first kappa shape index (κ1) is 7.79. The maximum absolute atomic E-state index is 11.2. The average Bonchev–Trinajstić information content (AvgIpc) is 2.45. The van der Waals surface area contributed by atoms with Crippen molar-refractivity contribution in [2.45, 2.75) is 6.10 Å². The van der Waals surface area contributed by atoms with E-state index in [0.29, 0.717) is 11.1 Å². The van der Waals surface area contributed by atoms with Crippen LogP contribution in [0.15, 0.2) is 24.3 Å². The molecule has 1 atom stereocenters. The lowest BCUT2D eigenvalue weighted by molar-refractivity contribution is -0.126. The molecule has 2 rings (SSSR count). The van der Waals surface area contributed by atoms with Gasteiger partial charge in [0.15, 0.2) is 0 Å². The lowest BCUT2D eigenvalue weighted by atomic mass is 10.1. The molecule has 1 aliphatic heterocycles. The van der Waals surface area contributed by atoms with E-state index < -0.39 is 18.0 Å². The van der Waals surface area contributed by atoms with Crippen molar-refractivity contribution in [1.29, 1.82) is 0 Å². The molecule has 1 aliphatic rings. The van der Waals surface area contributed by atoms with Gasteiger partial charge in [-0.1, -0.05) is 18.2 Å². The molecule has 0 saturated heterocycles. The lowest BCUT2D eigenvalue weighted by Gasteiger charge is -2.03. The molecule has 0 spiro atoms. The average molecular weight is 177 g/mol. The quantitative estimate of drug-likeness (QED) is 0.630. The number of fused-ring (bicyclic) bond motifs is 1. The van der Waals surface area contributed by atoms with Gasteiger partial charge >= 0.3 is 5.97 Å². The number of primary amides is 1. The number of hydrogen-bond acceptors (Lipinski definition) is 3. The highest BCUT2D eigenvalue weighted by atomic mass is 16.6. The summed E-state index contributed by atoms with van der Waals surface area (Å²) in [6.45, 7) is 0. The molecular formula is C9H7NO3. The van der Waals surface area contributed by atoms with E-state index in [4.69, 9.17) is 10.5 Å². The van der Waals surface area contributed by atoms with Gasteiger partial charge in [0.1, 0.15) is 0 Å². The Balaban J connectivity index is 2.53. The first-order valence-electron chi connectivity index (χ1n) is 3.79. The maximum Gasteiger partial charge on any atom is 0.339 e. The third kappa shape index (κ3) is 1.07. The molecule has 0 saturated carbocycles. The molecule has 1 aromatic rings. The highest BCUT2D eigenvalue weighted by molar-refractivity contribution is 5.99. The largest absolute Gasteiger partial charge is 0.444 e. The van der Waals surface area contributed by atoms with Crippen LogP contribution >= 0.6 is 0 Å². The number of cyclic esters (lactones) is 1. The minimum Gasteiger partial charge on any atom is -0.444 e. The summed E-state index contributed by atoms with van der Waals surface area (Å²) < 4.78 is 4.78. The Bertz CT molecular complexity index is 386. The fraction of sp³-hybridized carbons (Fsp3) is 0.111. The number of ether oxygens (including phenoxy) is 1. The van der Waals surface area contributed by atoms with Gasteiger partial charge in [0.05, 0.1) is 5.56 Å². The minimum absolute atomic E-state index is 0.423. The predicted octanol–water partition coefficient (Wildman–Crippen LogP) is 0.383. The predicted molar refractivity (Wildman–Crippen MR) is 43.8 cm³/mol. The van der Waals surface area contributed by atoms with Crippen molar-refractivity contribution < 1.29 is 14.3 Å². The molecule has 1 unspecified atom stereocenters. The van der Waals surface area contributed by atoms with Crippen LogP contribution in [0.5, 0.6) is 0 Å². The number of esters is 1. The Kier molecular flexibility index (Phi) is 1.55. The van der Waals surface area contributed by atoms with Crippen LogP contribution in [-0.4, -0.2) is 11.9 Å². The van der Waals surface area contributed by atoms with Gasteiger partial charge in [-0.3, -0.25) is 4.79 Å². The third-order valence-electron chi connectivity index (χ3n) is 1.95. The van der Waals surface area contributed by atoms with Crippen molar-refractivity contribution in [1.82, 2.24) is 0 Å². The topological polar surface area (TPSA) is 69.4 Å². The summed E-state index contributed by atoms with van der Waals surface area (Å²) in [6.07, 6.45) is -0.913.